The van der Waals surface area contributed by atoms with Crippen LogP contribution in [-0.2, 0) is 14.3 Å². The zero-order valence-corrected chi connectivity index (χ0v) is 13.4. The van der Waals surface area contributed by atoms with Gasteiger partial charge in [-0.25, -0.2) is 4.79 Å². The van der Waals surface area contributed by atoms with Crippen molar-refractivity contribution in [2.75, 3.05) is 27.2 Å². The van der Waals surface area contributed by atoms with E-state index in [0.717, 1.165) is 11.3 Å². The fourth-order valence-corrected chi connectivity index (χ4v) is 3.37. The lowest BCUT2D eigenvalue weighted by Crippen LogP contribution is -2.73. The Morgan fingerprint density at radius 3 is 2.64 bits per heavy atom. The molecule has 0 aromatic carbocycles. The van der Waals surface area contributed by atoms with Crippen LogP contribution in [0.2, 0.25) is 0 Å². The summed E-state index contributed by atoms with van der Waals surface area (Å²) in [5.41, 5.74) is -1.79. The predicted molar refractivity (Wildman–Crippen MR) is 76.7 cm³/mol. The number of likely N-dealkylation sites (N-methyl/N-ethyl adjacent to an activating group) is 2. The molecule has 0 radical (unpaired) electrons. The van der Waals surface area contributed by atoms with E-state index < -0.39 is 29.7 Å². The van der Waals surface area contributed by atoms with E-state index in [1.165, 1.54) is 25.9 Å². The van der Waals surface area contributed by atoms with Crippen LogP contribution in [0.15, 0.2) is 0 Å². The Labute approximate surface area is 129 Å². The van der Waals surface area contributed by atoms with E-state index in [0.29, 0.717) is 13.0 Å². The molecule has 8 nitrogen and oxygen atoms in total. The molecule has 2 saturated heterocycles. The lowest BCUT2D eigenvalue weighted by atomic mass is 9.95. The van der Waals surface area contributed by atoms with Gasteiger partial charge in [-0.2, -0.15) is 0 Å². The molecule has 2 aliphatic rings. The molecule has 8 heteroatoms. The first-order valence-corrected chi connectivity index (χ1v) is 7.43. The molecule has 0 unspecified atom stereocenters. The third kappa shape index (κ3) is 2.46. The van der Waals surface area contributed by atoms with Gasteiger partial charge in [0.1, 0.15) is 12.2 Å². The molecule has 2 heterocycles. The van der Waals surface area contributed by atoms with E-state index in [-0.39, 0.29) is 12.6 Å². The fourth-order valence-electron chi connectivity index (χ4n) is 3.37. The molecule has 0 bridgehead atoms. The maximum atomic E-state index is 12.3. The van der Waals surface area contributed by atoms with Gasteiger partial charge in [-0.15, -0.1) is 0 Å². The molecule has 0 aromatic rings. The average Bonchev–Trinajstić information content (AvgIpc) is 2.92. The van der Waals surface area contributed by atoms with E-state index in [9.17, 15) is 19.5 Å². The quantitative estimate of drug-likeness (QED) is 0.714. The van der Waals surface area contributed by atoms with Crippen LogP contribution in [0, 0.1) is 0 Å². The number of carbonyl (C=O) groups excluding carboxylic acids is 3. The van der Waals surface area contributed by atoms with Crippen LogP contribution in [0.25, 0.3) is 0 Å². The molecule has 1 N–H and O–H groups in total. The summed E-state index contributed by atoms with van der Waals surface area (Å²) in [6, 6.07) is -1.06. The number of ether oxygens (including phenoxy) is 1. The molecule has 0 spiro atoms. The maximum absolute atomic E-state index is 12.3. The third-order valence-corrected chi connectivity index (χ3v) is 4.36. The van der Waals surface area contributed by atoms with Gasteiger partial charge in [0, 0.05) is 20.6 Å². The Balaban J connectivity index is 2.33. The highest BCUT2D eigenvalue weighted by molar-refractivity contribution is 6.01. The standard InChI is InChI=1S/C14H23N3O5/c1-5-22-10(18)9-7-6-8-17(9)11-14(2,21)12(19)16(4)13(20)15(11)3/h9,11,21H,5-8H2,1-4H3/t9-,11+,14-/m0/s1. The van der Waals surface area contributed by atoms with Crippen molar-refractivity contribution in [1.29, 1.82) is 0 Å². The number of aliphatic hydroxyl groups is 1. The molecule has 124 valence electrons. The highest BCUT2D eigenvalue weighted by Gasteiger charge is 2.56. The van der Waals surface area contributed by atoms with Crippen LogP contribution >= 0.6 is 0 Å². The molecule has 0 aliphatic carbocycles. The second-order valence-corrected chi connectivity index (χ2v) is 5.93. The van der Waals surface area contributed by atoms with Crippen molar-refractivity contribution < 1.29 is 24.2 Å². The number of amides is 3. The Kier molecular flexibility index (Phi) is 4.44. The van der Waals surface area contributed by atoms with Crippen LogP contribution in [-0.4, -0.2) is 82.8 Å². The number of imide groups is 1. The molecule has 0 aromatic heterocycles. The summed E-state index contributed by atoms with van der Waals surface area (Å²) in [5.74, 6) is -1.06. The highest BCUT2D eigenvalue weighted by Crippen LogP contribution is 2.32. The van der Waals surface area contributed by atoms with Crippen molar-refractivity contribution in [1.82, 2.24) is 14.7 Å². The Morgan fingerprint density at radius 1 is 1.41 bits per heavy atom. The van der Waals surface area contributed by atoms with Gasteiger partial charge >= 0.3 is 12.0 Å². The van der Waals surface area contributed by atoms with Crippen molar-refractivity contribution >= 4 is 17.9 Å². The van der Waals surface area contributed by atoms with Gasteiger partial charge in [0.2, 0.25) is 0 Å². The molecule has 3 amide bonds. The summed E-state index contributed by atoms with van der Waals surface area (Å²) in [6.07, 6.45) is 0.431. The largest absolute Gasteiger partial charge is 0.465 e. The van der Waals surface area contributed by atoms with Crippen LogP contribution < -0.4 is 0 Å². The second kappa shape index (κ2) is 5.85. The van der Waals surface area contributed by atoms with Gasteiger partial charge < -0.3 is 14.7 Å². The molecule has 0 saturated carbocycles. The minimum atomic E-state index is -1.79. The number of likely N-dealkylation sites (tertiary alicyclic amines) is 1. The SMILES string of the molecule is CCOC(=O)[C@@H]1CCCN1[C@H]1N(C)C(=O)N(C)C(=O)[C@@]1(C)O. The monoisotopic (exact) mass is 313 g/mol. The molecule has 2 fully saturated rings. The van der Waals surface area contributed by atoms with E-state index in [2.05, 4.69) is 0 Å². The summed E-state index contributed by atoms with van der Waals surface area (Å²) < 4.78 is 5.06. The van der Waals surface area contributed by atoms with Crippen molar-refractivity contribution in [3.63, 3.8) is 0 Å². The summed E-state index contributed by atoms with van der Waals surface area (Å²) in [5, 5.41) is 10.7. The minimum absolute atomic E-state index is 0.265. The zero-order chi connectivity index (χ0) is 16.7. The van der Waals surface area contributed by atoms with Crippen molar-refractivity contribution in [3.05, 3.63) is 0 Å². The van der Waals surface area contributed by atoms with E-state index >= 15 is 0 Å². The number of carbonyl (C=O) groups is 3. The highest BCUT2D eigenvalue weighted by atomic mass is 16.5. The Morgan fingerprint density at radius 2 is 2.05 bits per heavy atom. The van der Waals surface area contributed by atoms with Crippen molar-refractivity contribution in [3.8, 4) is 0 Å². The van der Waals surface area contributed by atoms with Crippen LogP contribution in [0.1, 0.15) is 26.7 Å². The van der Waals surface area contributed by atoms with E-state index in [1.54, 1.807) is 11.8 Å². The Bertz CT molecular complexity index is 493. The summed E-state index contributed by atoms with van der Waals surface area (Å²) >= 11 is 0. The lowest BCUT2D eigenvalue weighted by Gasteiger charge is -2.49. The molecule has 2 rings (SSSR count). The number of esters is 1. The number of rotatable bonds is 3. The van der Waals surface area contributed by atoms with Gasteiger partial charge in [0.15, 0.2) is 5.60 Å². The Hall–Kier alpha value is -1.67. The molecular weight excluding hydrogens is 290 g/mol. The van der Waals surface area contributed by atoms with Crippen LogP contribution in [0.5, 0.6) is 0 Å². The number of hydrogen-bond acceptors (Lipinski definition) is 6. The first kappa shape index (κ1) is 16.7. The zero-order valence-electron chi connectivity index (χ0n) is 13.4. The molecule has 2 aliphatic heterocycles. The maximum Gasteiger partial charge on any atom is 0.327 e. The predicted octanol–water partition coefficient (Wildman–Crippen LogP) is -0.385. The lowest BCUT2D eigenvalue weighted by molar-refractivity contribution is -0.175. The third-order valence-electron chi connectivity index (χ3n) is 4.36. The first-order valence-electron chi connectivity index (χ1n) is 7.43. The summed E-state index contributed by atoms with van der Waals surface area (Å²) in [7, 11) is 2.85. The van der Waals surface area contributed by atoms with Crippen LogP contribution in [0.4, 0.5) is 4.79 Å². The molecular formula is C14H23N3O5. The van der Waals surface area contributed by atoms with Gasteiger partial charge in [-0.3, -0.25) is 19.4 Å². The van der Waals surface area contributed by atoms with Gasteiger partial charge in [-0.05, 0) is 26.7 Å². The van der Waals surface area contributed by atoms with E-state index in [1.807, 2.05) is 0 Å². The number of urea groups is 1. The molecule has 22 heavy (non-hydrogen) atoms. The number of hydrogen-bond donors (Lipinski definition) is 1. The first-order chi connectivity index (χ1) is 10.2. The van der Waals surface area contributed by atoms with E-state index in [4.69, 9.17) is 4.74 Å². The smallest absolute Gasteiger partial charge is 0.327 e. The normalized spacial score (nSPS) is 33.5. The van der Waals surface area contributed by atoms with Gasteiger partial charge in [0.25, 0.3) is 5.91 Å². The minimum Gasteiger partial charge on any atom is -0.465 e. The average molecular weight is 313 g/mol. The topological polar surface area (TPSA) is 90.4 Å². The fraction of sp³-hybridized carbons (Fsp3) is 0.786. The van der Waals surface area contributed by atoms with Crippen molar-refractivity contribution in [2.45, 2.75) is 44.5 Å². The second-order valence-electron chi connectivity index (χ2n) is 5.93. The molecule has 3 atom stereocenters. The van der Waals surface area contributed by atoms with Crippen LogP contribution in [0.3, 0.4) is 0 Å². The summed E-state index contributed by atoms with van der Waals surface area (Å²) in [4.78, 5) is 40.4. The summed E-state index contributed by atoms with van der Waals surface area (Å²) in [6.45, 7) is 3.88. The van der Waals surface area contributed by atoms with Crippen molar-refractivity contribution in [2.24, 2.45) is 0 Å². The van der Waals surface area contributed by atoms with Gasteiger partial charge in [0.05, 0.1) is 6.61 Å². The number of nitrogens with zero attached hydrogens (tertiary/aromatic N) is 3. The van der Waals surface area contributed by atoms with Gasteiger partial charge in [-0.1, -0.05) is 0 Å².